The van der Waals surface area contributed by atoms with Crippen molar-refractivity contribution in [1.82, 2.24) is 15.6 Å². The van der Waals surface area contributed by atoms with Gasteiger partial charge in [0.15, 0.2) is 18.1 Å². The highest BCUT2D eigenvalue weighted by atomic mass is 32.2. The van der Waals surface area contributed by atoms with Gasteiger partial charge >= 0.3 is 0 Å². The number of nitrogens with one attached hydrogen (secondary N) is 3. The highest BCUT2D eigenvalue weighted by molar-refractivity contribution is 7.89. The minimum absolute atomic E-state index is 0.0481. The van der Waals surface area contributed by atoms with Crippen molar-refractivity contribution in [2.75, 3.05) is 13.2 Å². The molecule has 10 heteroatoms. The molecule has 1 atom stereocenters. The zero-order chi connectivity index (χ0) is 23.7. The van der Waals surface area contributed by atoms with Crippen molar-refractivity contribution in [2.45, 2.75) is 38.6 Å². The second-order valence-electron chi connectivity index (χ2n) is 7.36. The van der Waals surface area contributed by atoms with Gasteiger partial charge in [-0.25, -0.2) is 8.42 Å². The van der Waals surface area contributed by atoms with Crippen LogP contribution in [0.3, 0.4) is 0 Å². The zero-order valence-corrected chi connectivity index (χ0v) is 19.4. The lowest BCUT2D eigenvalue weighted by Crippen LogP contribution is -2.54. The van der Waals surface area contributed by atoms with E-state index in [1.165, 1.54) is 12.1 Å². The molecule has 0 saturated heterocycles. The average Bonchev–Trinajstić information content (AvgIpc) is 2.75. The first-order chi connectivity index (χ1) is 15.1. The number of hydrazine groups is 1. The molecule has 2 aromatic carbocycles. The molecule has 0 heterocycles. The predicted molar refractivity (Wildman–Crippen MR) is 120 cm³/mol. The van der Waals surface area contributed by atoms with Crippen LogP contribution in [0.4, 0.5) is 0 Å². The van der Waals surface area contributed by atoms with E-state index in [2.05, 4.69) is 15.6 Å². The van der Waals surface area contributed by atoms with Gasteiger partial charge in [0.25, 0.3) is 11.8 Å². The van der Waals surface area contributed by atoms with E-state index in [4.69, 9.17) is 9.47 Å². The van der Waals surface area contributed by atoms with Crippen LogP contribution < -0.4 is 25.0 Å². The Hall–Kier alpha value is -3.11. The number of amides is 2. The van der Waals surface area contributed by atoms with Gasteiger partial charge in [0.1, 0.15) is 6.04 Å². The highest BCUT2D eigenvalue weighted by Gasteiger charge is 2.28. The van der Waals surface area contributed by atoms with Crippen LogP contribution in [0.25, 0.3) is 0 Å². The Labute approximate surface area is 188 Å². The molecule has 0 aliphatic carbocycles. The van der Waals surface area contributed by atoms with Gasteiger partial charge in [-0.2, -0.15) is 4.72 Å². The van der Waals surface area contributed by atoms with Gasteiger partial charge in [0.2, 0.25) is 10.0 Å². The number of rotatable bonds is 10. The van der Waals surface area contributed by atoms with Gasteiger partial charge in [0, 0.05) is 0 Å². The number of sulfonamides is 1. The molecule has 0 spiro atoms. The van der Waals surface area contributed by atoms with Crippen LogP contribution in [0.1, 0.15) is 26.3 Å². The lowest BCUT2D eigenvalue weighted by atomic mass is 10.1. The van der Waals surface area contributed by atoms with E-state index in [9.17, 15) is 18.0 Å². The largest absolute Gasteiger partial charge is 0.490 e. The quantitative estimate of drug-likeness (QED) is 0.463. The summed E-state index contributed by atoms with van der Waals surface area (Å²) in [4.78, 5) is 24.7. The van der Waals surface area contributed by atoms with Crippen LogP contribution in [0, 0.1) is 12.8 Å². The van der Waals surface area contributed by atoms with Crippen LogP contribution in [-0.2, 0) is 19.6 Å². The van der Waals surface area contributed by atoms with Gasteiger partial charge < -0.3 is 9.47 Å². The minimum atomic E-state index is -3.92. The first kappa shape index (κ1) is 25.2. The maximum atomic E-state index is 12.6. The summed E-state index contributed by atoms with van der Waals surface area (Å²) in [5, 5.41) is 0. The Morgan fingerprint density at radius 1 is 0.938 bits per heavy atom. The average molecular weight is 464 g/mol. The molecule has 2 aromatic rings. The summed E-state index contributed by atoms with van der Waals surface area (Å²) in [6.45, 7) is 7.13. The lowest BCUT2D eigenvalue weighted by Gasteiger charge is -2.22. The molecule has 2 amide bonds. The molecule has 9 nitrogen and oxygen atoms in total. The number of ether oxygens (including phenoxy) is 2. The van der Waals surface area contributed by atoms with E-state index in [0.29, 0.717) is 18.1 Å². The lowest BCUT2D eigenvalue weighted by molar-refractivity contribution is -0.131. The third kappa shape index (κ3) is 7.24. The summed E-state index contributed by atoms with van der Waals surface area (Å²) in [6.07, 6.45) is 0. The summed E-state index contributed by atoms with van der Waals surface area (Å²) in [5.74, 6) is -0.798. The Kier molecular flexibility index (Phi) is 9.03. The normalized spacial score (nSPS) is 12.2. The molecule has 0 fully saturated rings. The van der Waals surface area contributed by atoms with Crippen LogP contribution in [0.5, 0.6) is 11.5 Å². The molecule has 174 valence electrons. The number of aryl methyl sites for hydroxylation is 1. The van der Waals surface area contributed by atoms with E-state index in [-0.39, 0.29) is 17.4 Å². The second kappa shape index (κ2) is 11.5. The molecule has 0 bridgehead atoms. The third-order valence-corrected chi connectivity index (χ3v) is 5.85. The molecule has 0 aliphatic heterocycles. The molecule has 0 aromatic heterocycles. The fourth-order valence-corrected chi connectivity index (χ4v) is 4.02. The topological polar surface area (TPSA) is 123 Å². The van der Waals surface area contributed by atoms with Gasteiger partial charge in [-0.05, 0) is 44.0 Å². The Bertz CT molecular complexity index is 1020. The van der Waals surface area contributed by atoms with E-state index in [0.717, 1.165) is 5.56 Å². The molecular formula is C22H29N3O6S. The Morgan fingerprint density at radius 2 is 1.53 bits per heavy atom. The number of hydrogen-bond acceptors (Lipinski definition) is 6. The Morgan fingerprint density at radius 3 is 2.09 bits per heavy atom. The second-order valence-corrected chi connectivity index (χ2v) is 9.08. The molecular weight excluding hydrogens is 434 g/mol. The fourth-order valence-electron chi connectivity index (χ4n) is 2.68. The van der Waals surface area contributed by atoms with Crippen LogP contribution in [-0.4, -0.2) is 39.5 Å². The monoisotopic (exact) mass is 463 g/mol. The minimum Gasteiger partial charge on any atom is -0.490 e. The standard InChI is InChI=1S/C22H29N3O6S/c1-5-30-18-8-6-7-9-19(18)31-14-20(26)23-24-22(27)21(15(2)3)25-32(28,29)17-12-10-16(4)11-13-17/h6-13,15,21,25H,5,14H2,1-4H3,(H,23,26)(H,24,27)/t21-/m0/s1. The van der Waals surface area contributed by atoms with Gasteiger partial charge in [-0.15, -0.1) is 0 Å². The number of hydrogen-bond donors (Lipinski definition) is 3. The maximum absolute atomic E-state index is 12.6. The molecule has 3 N–H and O–H groups in total. The summed E-state index contributed by atoms with van der Waals surface area (Å²) >= 11 is 0. The zero-order valence-electron chi connectivity index (χ0n) is 18.5. The maximum Gasteiger partial charge on any atom is 0.276 e. The van der Waals surface area contributed by atoms with Crippen LogP contribution in [0.15, 0.2) is 53.4 Å². The fraction of sp³-hybridized carbons (Fsp3) is 0.364. The van der Waals surface area contributed by atoms with Crippen molar-refractivity contribution < 1.29 is 27.5 Å². The van der Waals surface area contributed by atoms with E-state index >= 15 is 0 Å². The van der Waals surface area contributed by atoms with Crippen molar-refractivity contribution in [3.05, 3.63) is 54.1 Å². The number of carbonyl (C=O) groups excluding carboxylic acids is 2. The van der Waals surface area contributed by atoms with Gasteiger partial charge in [0.05, 0.1) is 11.5 Å². The summed E-state index contributed by atoms with van der Waals surface area (Å²) in [5.41, 5.74) is 5.39. The van der Waals surface area contributed by atoms with Crippen molar-refractivity contribution in [3.8, 4) is 11.5 Å². The van der Waals surface area contributed by atoms with E-state index in [1.54, 1.807) is 50.2 Å². The van der Waals surface area contributed by atoms with E-state index < -0.39 is 27.9 Å². The van der Waals surface area contributed by atoms with Crippen molar-refractivity contribution in [2.24, 2.45) is 5.92 Å². The Balaban J connectivity index is 1.94. The molecule has 0 saturated carbocycles. The van der Waals surface area contributed by atoms with Crippen LogP contribution in [0.2, 0.25) is 0 Å². The summed E-state index contributed by atoms with van der Waals surface area (Å²) < 4.78 is 38.5. The summed E-state index contributed by atoms with van der Waals surface area (Å²) in [6, 6.07) is 12.1. The highest BCUT2D eigenvalue weighted by Crippen LogP contribution is 2.26. The van der Waals surface area contributed by atoms with Crippen molar-refractivity contribution in [3.63, 3.8) is 0 Å². The molecule has 2 rings (SSSR count). The number of carbonyl (C=O) groups is 2. The molecule has 32 heavy (non-hydrogen) atoms. The smallest absolute Gasteiger partial charge is 0.276 e. The molecule has 0 aliphatic rings. The van der Waals surface area contributed by atoms with Crippen LogP contribution >= 0.6 is 0 Å². The van der Waals surface area contributed by atoms with E-state index in [1.807, 2.05) is 13.8 Å². The first-order valence-electron chi connectivity index (χ1n) is 10.2. The predicted octanol–water partition coefficient (Wildman–Crippen LogP) is 1.92. The molecule has 0 unspecified atom stereocenters. The summed E-state index contributed by atoms with van der Waals surface area (Å²) in [7, 11) is -3.92. The SMILES string of the molecule is CCOc1ccccc1OCC(=O)NNC(=O)[C@@H](NS(=O)(=O)c1ccc(C)cc1)C(C)C. The van der Waals surface area contributed by atoms with Crippen molar-refractivity contribution in [1.29, 1.82) is 0 Å². The third-order valence-electron chi connectivity index (χ3n) is 4.40. The van der Waals surface area contributed by atoms with Gasteiger partial charge in [-0.1, -0.05) is 43.7 Å². The number of para-hydroxylation sites is 2. The van der Waals surface area contributed by atoms with Gasteiger partial charge in [-0.3, -0.25) is 20.4 Å². The first-order valence-corrected chi connectivity index (χ1v) is 11.6. The molecule has 0 radical (unpaired) electrons. The number of benzene rings is 2. The van der Waals surface area contributed by atoms with Crippen molar-refractivity contribution >= 4 is 21.8 Å².